The van der Waals surface area contributed by atoms with Crippen molar-refractivity contribution in [3.63, 3.8) is 0 Å². The minimum Gasteiger partial charge on any atom is -0.313 e. The molecule has 1 aromatic carbocycles. The number of benzene rings is 1. The van der Waals surface area contributed by atoms with E-state index in [0.29, 0.717) is 6.04 Å². The van der Waals surface area contributed by atoms with Crippen LogP contribution in [0.15, 0.2) is 45.1 Å². The van der Waals surface area contributed by atoms with Gasteiger partial charge in [0, 0.05) is 32.1 Å². The fraction of sp³-hybridized carbons (Fsp3) is 0.333. The number of thiophene rings is 1. The molecule has 0 aliphatic heterocycles. The molecule has 0 saturated heterocycles. The molecule has 0 spiro atoms. The summed E-state index contributed by atoms with van der Waals surface area (Å²) in [6.45, 7) is 2.18. The molecule has 1 heterocycles. The van der Waals surface area contributed by atoms with Crippen molar-refractivity contribution in [2.45, 2.75) is 24.3 Å². The van der Waals surface area contributed by atoms with Crippen molar-refractivity contribution >= 4 is 39.0 Å². The summed E-state index contributed by atoms with van der Waals surface area (Å²) in [5, 5.41) is 5.55. The third-order valence-corrected chi connectivity index (χ3v) is 5.58. The first-order valence-corrected chi connectivity index (χ1v) is 9.01. The molecule has 0 aliphatic rings. The predicted molar refractivity (Wildman–Crippen MR) is 90.4 cm³/mol. The van der Waals surface area contributed by atoms with Crippen LogP contribution in [0.3, 0.4) is 0 Å². The molecule has 1 aromatic heterocycles. The van der Waals surface area contributed by atoms with Crippen LogP contribution in [0.1, 0.15) is 23.4 Å². The topological polar surface area (TPSA) is 12.0 Å². The van der Waals surface area contributed by atoms with Gasteiger partial charge in [-0.2, -0.15) is 0 Å². The lowest BCUT2D eigenvalue weighted by Crippen LogP contribution is -2.18. The van der Waals surface area contributed by atoms with E-state index in [2.05, 4.69) is 63.9 Å². The van der Waals surface area contributed by atoms with Crippen LogP contribution in [0.5, 0.6) is 0 Å². The summed E-state index contributed by atoms with van der Waals surface area (Å²) in [4.78, 5) is 2.75. The quantitative estimate of drug-likeness (QED) is 0.721. The van der Waals surface area contributed by atoms with Crippen molar-refractivity contribution < 1.29 is 0 Å². The third-order valence-electron chi connectivity index (χ3n) is 2.97. The van der Waals surface area contributed by atoms with E-state index in [4.69, 9.17) is 0 Å². The number of hydrogen-bond acceptors (Lipinski definition) is 3. The Morgan fingerprint density at radius 1 is 1.32 bits per heavy atom. The Kier molecular flexibility index (Phi) is 5.95. The Hall–Kier alpha value is -0.290. The maximum Gasteiger partial charge on any atom is 0.0366 e. The molecule has 0 bridgehead atoms. The maximum absolute atomic E-state index is 3.51. The van der Waals surface area contributed by atoms with Gasteiger partial charge in [0.05, 0.1) is 0 Å². The Morgan fingerprint density at radius 2 is 2.05 bits per heavy atom. The van der Waals surface area contributed by atoms with Gasteiger partial charge < -0.3 is 5.32 Å². The van der Waals surface area contributed by atoms with Crippen LogP contribution in [-0.4, -0.2) is 12.8 Å². The molecule has 0 aliphatic carbocycles. The van der Waals surface area contributed by atoms with Crippen LogP contribution in [-0.2, 0) is 6.42 Å². The first-order valence-electron chi connectivity index (χ1n) is 6.36. The zero-order chi connectivity index (χ0) is 13.7. The molecule has 2 aromatic rings. The zero-order valence-electron chi connectivity index (χ0n) is 11.2. The molecular formula is C15H18BrNS2. The van der Waals surface area contributed by atoms with E-state index in [1.165, 1.54) is 19.8 Å². The summed E-state index contributed by atoms with van der Waals surface area (Å²) in [5.41, 5.74) is 1.35. The highest BCUT2D eigenvalue weighted by atomic mass is 79.9. The Balaban J connectivity index is 2.08. The van der Waals surface area contributed by atoms with Gasteiger partial charge in [0.1, 0.15) is 0 Å². The van der Waals surface area contributed by atoms with Crippen molar-refractivity contribution in [1.82, 2.24) is 5.32 Å². The van der Waals surface area contributed by atoms with Crippen LogP contribution in [0, 0.1) is 0 Å². The summed E-state index contributed by atoms with van der Waals surface area (Å²) in [5.74, 6) is 1.12. The lowest BCUT2D eigenvalue weighted by molar-refractivity contribution is 0.596. The van der Waals surface area contributed by atoms with Gasteiger partial charge in [-0.05, 0) is 52.5 Å². The number of likely N-dealkylation sites (N-methyl/N-ethyl adjacent to an activating group) is 1. The second-order valence-corrected chi connectivity index (χ2v) is 7.53. The standard InChI is InChI=1S/C15H18BrNS2/c1-3-18-13-6-4-11(5-7-13)15(17-2)9-14-8-12(16)10-19-14/h4-8,10,15,17H,3,9H2,1-2H3. The fourth-order valence-electron chi connectivity index (χ4n) is 2.01. The summed E-state index contributed by atoms with van der Waals surface area (Å²) < 4.78 is 1.18. The molecule has 0 saturated carbocycles. The highest BCUT2D eigenvalue weighted by Gasteiger charge is 2.11. The highest BCUT2D eigenvalue weighted by molar-refractivity contribution is 9.10. The van der Waals surface area contributed by atoms with E-state index in [0.717, 1.165) is 12.2 Å². The second kappa shape index (κ2) is 7.48. The summed E-state index contributed by atoms with van der Waals surface area (Å²) in [6.07, 6.45) is 1.03. The normalized spacial score (nSPS) is 12.6. The molecule has 0 fully saturated rings. The highest BCUT2D eigenvalue weighted by Crippen LogP contribution is 2.26. The van der Waals surface area contributed by atoms with Gasteiger partial charge in [0.25, 0.3) is 0 Å². The lowest BCUT2D eigenvalue weighted by Gasteiger charge is -2.16. The largest absolute Gasteiger partial charge is 0.313 e. The van der Waals surface area contributed by atoms with Crippen molar-refractivity contribution in [2.24, 2.45) is 0 Å². The van der Waals surface area contributed by atoms with Crippen LogP contribution >= 0.6 is 39.0 Å². The SMILES string of the molecule is CCSc1ccc(C(Cc2cc(Br)cs2)NC)cc1. The summed E-state index contributed by atoms with van der Waals surface area (Å²) in [7, 11) is 2.03. The van der Waals surface area contributed by atoms with Crippen LogP contribution in [0.2, 0.25) is 0 Å². The van der Waals surface area contributed by atoms with E-state index < -0.39 is 0 Å². The predicted octanol–water partition coefficient (Wildman–Crippen LogP) is 5.13. The van der Waals surface area contributed by atoms with Gasteiger partial charge in [0.2, 0.25) is 0 Å². The average molecular weight is 356 g/mol. The molecule has 1 nitrogen and oxygen atoms in total. The molecule has 1 N–H and O–H groups in total. The van der Waals surface area contributed by atoms with Crippen LogP contribution in [0.4, 0.5) is 0 Å². The van der Waals surface area contributed by atoms with E-state index in [1.54, 1.807) is 0 Å². The molecule has 0 amide bonds. The van der Waals surface area contributed by atoms with Crippen molar-refractivity contribution in [1.29, 1.82) is 0 Å². The average Bonchev–Trinajstić information content (AvgIpc) is 2.83. The van der Waals surface area contributed by atoms with Crippen molar-refractivity contribution in [3.8, 4) is 0 Å². The fourth-order valence-corrected chi connectivity index (χ4v) is 4.17. The molecule has 102 valence electrons. The van der Waals surface area contributed by atoms with E-state index in [1.807, 2.05) is 30.1 Å². The van der Waals surface area contributed by atoms with Gasteiger partial charge in [-0.25, -0.2) is 0 Å². The van der Waals surface area contributed by atoms with Gasteiger partial charge in [-0.15, -0.1) is 23.1 Å². The number of rotatable bonds is 6. The molecule has 2 rings (SSSR count). The summed E-state index contributed by atoms with van der Waals surface area (Å²) in [6, 6.07) is 11.5. The molecule has 1 unspecified atom stereocenters. The number of hydrogen-bond donors (Lipinski definition) is 1. The van der Waals surface area contributed by atoms with Gasteiger partial charge in [-0.1, -0.05) is 19.1 Å². The number of thioether (sulfide) groups is 1. The Labute approximate surface area is 131 Å². The number of nitrogens with one attached hydrogen (secondary N) is 1. The molecule has 19 heavy (non-hydrogen) atoms. The second-order valence-electron chi connectivity index (χ2n) is 4.28. The number of halogens is 1. The van der Waals surface area contributed by atoms with E-state index in [9.17, 15) is 0 Å². The summed E-state index contributed by atoms with van der Waals surface area (Å²) >= 11 is 7.21. The minimum atomic E-state index is 0.381. The minimum absolute atomic E-state index is 0.381. The van der Waals surface area contributed by atoms with Gasteiger partial charge in [-0.3, -0.25) is 0 Å². The van der Waals surface area contributed by atoms with Crippen LogP contribution in [0.25, 0.3) is 0 Å². The van der Waals surface area contributed by atoms with Crippen LogP contribution < -0.4 is 5.32 Å². The zero-order valence-corrected chi connectivity index (χ0v) is 14.4. The smallest absolute Gasteiger partial charge is 0.0366 e. The molecular weight excluding hydrogens is 338 g/mol. The van der Waals surface area contributed by atoms with E-state index >= 15 is 0 Å². The van der Waals surface area contributed by atoms with E-state index in [-0.39, 0.29) is 0 Å². The van der Waals surface area contributed by atoms with Gasteiger partial charge >= 0.3 is 0 Å². The lowest BCUT2D eigenvalue weighted by atomic mass is 10.0. The third kappa shape index (κ3) is 4.35. The maximum atomic E-state index is 3.51. The first-order chi connectivity index (χ1) is 9.22. The van der Waals surface area contributed by atoms with Crippen molar-refractivity contribution in [3.05, 3.63) is 50.6 Å². The first kappa shape index (κ1) is 15.1. The Morgan fingerprint density at radius 3 is 2.58 bits per heavy atom. The monoisotopic (exact) mass is 355 g/mol. The molecule has 0 radical (unpaired) electrons. The van der Waals surface area contributed by atoms with Gasteiger partial charge in [0.15, 0.2) is 0 Å². The molecule has 1 atom stereocenters. The van der Waals surface area contributed by atoms with Crippen molar-refractivity contribution in [2.75, 3.05) is 12.8 Å². The molecule has 4 heteroatoms. The Bertz CT molecular complexity index is 507.